The molecule has 5 heteroatoms. The van der Waals surface area contributed by atoms with Gasteiger partial charge in [0.1, 0.15) is 5.41 Å². The Morgan fingerprint density at radius 1 is 1.27 bits per heavy atom. The van der Waals surface area contributed by atoms with Crippen LogP contribution >= 0.6 is 0 Å². The summed E-state index contributed by atoms with van der Waals surface area (Å²) in [5, 5.41) is 2.87. The predicted molar refractivity (Wildman–Crippen MR) is 85.6 cm³/mol. The summed E-state index contributed by atoms with van der Waals surface area (Å²) in [7, 11) is 1.63. The minimum absolute atomic E-state index is 0.0922. The molecule has 120 valence electrons. The molecule has 0 radical (unpaired) electrons. The van der Waals surface area contributed by atoms with Gasteiger partial charge in [0, 0.05) is 32.5 Å². The van der Waals surface area contributed by atoms with Crippen LogP contribution in [0.25, 0.3) is 0 Å². The van der Waals surface area contributed by atoms with Gasteiger partial charge in [0.05, 0.1) is 0 Å². The van der Waals surface area contributed by atoms with Gasteiger partial charge in [-0.15, -0.1) is 0 Å². The predicted octanol–water partition coefficient (Wildman–Crippen LogP) is 1.97. The fraction of sp³-hybridized carbons (Fsp3) is 0.529. The van der Waals surface area contributed by atoms with E-state index in [1.165, 1.54) is 0 Å². The topological polar surface area (TPSA) is 58.6 Å². The molecule has 0 aromatic heterocycles. The Bertz CT molecular complexity index is 512. The maximum absolute atomic E-state index is 12.8. The molecule has 0 aliphatic heterocycles. The monoisotopic (exact) mass is 304 g/mol. The molecule has 1 N–H and O–H groups in total. The zero-order valence-electron chi connectivity index (χ0n) is 13.3. The zero-order chi connectivity index (χ0) is 16.0. The minimum atomic E-state index is -0.862. The molecule has 1 aliphatic carbocycles. The Balaban J connectivity index is 2.02. The first-order valence-electron chi connectivity index (χ1n) is 7.80. The summed E-state index contributed by atoms with van der Waals surface area (Å²) in [6, 6.07) is 9.50. The molecule has 0 unspecified atom stereocenters. The molecule has 0 saturated heterocycles. The Hall–Kier alpha value is -1.88. The van der Waals surface area contributed by atoms with Crippen LogP contribution in [0.4, 0.5) is 5.69 Å². The maximum atomic E-state index is 12.8. The Kier molecular flexibility index (Phi) is 5.55. The fourth-order valence-electron chi connectivity index (χ4n) is 2.56. The highest BCUT2D eigenvalue weighted by molar-refractivity contribution is 6.14. The largest absolute Gasteiger partial charge is 0.385 e. The second kappa shape index (κ2) is 7.40. The quantitative estimate of drug-likeness (QED) is 0.590. The van der Waals surface area contributed by atoms with E-state index in [9.17, 15) is 9.59 Å². The summed E-state index contributed by atoms with van der Waals surface area (Å²) in [4.78, 5) is 26.9. The van der Waals surface area contributed by atoms with E-state index in [4.69, 9.17) is 4.74 Å². The maximum Gasteiger partial charge on any atom is 0.242 e. The lowest BCUT2D eigenvalue weighted by Gasteiger charge is -2.25. The Morgan fingerprint density at radius 3 is 2.50 bits per heavy atom. The van der Waals surface area contributed by atoms with Crippen molar-refractivity contribution < 1.29 is 14.3 Å². The SMILES string of the molecule is CCN(C(=O)C1(C(=O)NCCCOC)CC1)c1ccccc1. The van der Waals surface area contributed by atoms with Gasteiger partial charge in [0.2, 0.25) is 11.8 Å². The molecular weight excluding hydrogens is 280 g/mol. The molecule has 22 heavy (non-hydrogen) atoms. The van der Waals surface area contributed by atoms with Gasteiger partial charge in [-0.2, -0.15) is 0 Å². The molecule has 2 amide bonds. The van der Waals surface area contributed by atoms with E-state index in [-0.39, 0.29) is 11.8 Å². The third kappa shape index (κ3) is 3.47. The lowest BCUT2D eigenvalue weighted by Crippen LogP contribution is -2.45. The number of benzene rings is 1. The molecule has 1 aromatic carbocycles. The van der Waals surface area contributed by atoms with Gasteiger partial charge in [0.25, 0.3) is 0 Å². The summed E-state index contributed by atoms with van der Waals surface area (Å²) in [6.45, 7) is 3.63. The van der Waals surface area contributed by atoms with Crippen molar-refractivity contribution >= 4 is 17.5 Å². The van der Waals surface area contributed by atoms with Crippen molar-refractivity contribution in [3.8, 4) is 0 Å². The van der Waals surface area contributed by atoms with E-state index < -0.39 is 5.41 Å². The molecule has 0 heterocycles. The molecular formula is C17H24N2O3. The van der Waals surface area contributed by atoms with E-state index in [1.54, 1.807) is 12.0 Å². The number of carbonyl (C=O) groups excluding carboxylic acids is 2. The molecule has 1 aromatic rings. The van der Waals surface area contributed by atoms with Crippen molar-refractivity contribution in [3.05, 3.63) is 30.3 Å². The van der Waals surface area contributed by atoms with E-state index in [0.717, 1.165) is 12.1 Å². The average molecular weight is 304 g/mol. The first-order chi connectivity index (χ1) is 10.7. The molecule has 2 rings (SSSR count). The molecule has 0 spiro atoms. The van der Waals surface area contributed by atoms with Crippen LogP contribution in [0.2, 0.25) is 0 Å². The van der Waals surface area contributed by atoms with Crippen molar-refractivity contribution in [2.45, 2.75) is 26.2 Å². The van der Waals surface area contributed by atoms with Gasteiger partial charge in [-0.25, -0.2) is 0 Å². The number of ether oxygens (including phenoxy) is 1. The highest BCUT2D eigenvalue weighted by Gasteiger charge is 2.57. The van der Waals surface area contributed by atoms with Gasteiger partial charge in [-0.1, -0.05) is 18.2 Å². The molecule has 1 fully saturated rings. The second-order valence-electron chi connectivity index (χ2n) is 5.57. The van der Waals surface area contributed by atoms with Crippen LogP contribution in [0.5, 0.6) is 0 Å². The molecule has 0 bridgehead atoms. The van der Waals surface area contributed by atoms with Crippen molar-refractivity contribution in [2.24, 2.45) is 5.41 Å². The van der Waals surface area contributed by atoms with Crippen LogP contribution in [-0.4, -0.2) is 38.6 Å². The number of hydrogen-bond donors (Lipinski definition) is 1. The van der Waals surface area contributed by atoms with Crippen LogP contribution in [0.1, 0.15) is 26.2 Å². The first kappa shape index (κ1) is 16.5. The highest BCUT2D eigenvalue weighted by atomic mass is 16.5. The number of anilines is 1. The summed E-state index contributed by atoms with van der Waals surface area (Å²) < 4.78 is 4.96. The third-order valence-corrected chi connectivity index (χ3v) is 4.03. The molecule has 0 atom stereocenters. The van der Waals surface area contributed by atoms with Crippen LogP contribution < -0.4 is 10.2 Å². The molecule has 1 saturated carbocycles. The lowest BCUT2D eigenvalue weighted by atomic mass is 10.0. The lowest BCUT2D eigenvalue weighted by molar-refractivity contribution is -0.135. The summed E-state index contributed by atoms with van der Waals surface area (Å²) in [5.41, 5.74) is -0.0210. The summed E-state index contributed by atoms with van der Waals surface area (Å²) >= 11 is 0. The zero-order valence-corrected chi connectivity index (χ0v) is 13.3. The van der Waals surface area contributed by atoms with E-state index in [1.807, 2.05) is 37.3 Å². The number of rotatable bonds is 8. The molecule has 1 aliphatic rings. The first-order valence-corrected chi connectivity index (χ1v) is 7.80. The van der Waals surface area contributed by atoms with Crippen LogP contribution in [0.15, 0.2) is 30.3 Å². The second-order valence-corrected chi connectivity index (χ2v) is 5.57. The van der Waals surface area contributed by atoms with Crippen molar-refractivity contribution in [2.75, 3.05) is 31.7 Å². The Labute approximate surface area is 131 Å². The van der Waals surface area contributed by atoms with Gasteiger partial charge in [0.15, 0.2) is 0 Å². The molecule has 5 nitrogen and oxygen atoms in total. The van der Waals surface area contributed by atoms with Gasteiger partial charge >= 0.3 is 0 Å². The van der Waals surface area contributed by atoms with Crippen molar-refractivity contribution in [1.82, 2.24) is 5.32 Å². The van der Waals surface area contributed by atoms with Gasteiger partial charge in [-0.05, 0) is 38.3 Å². The van der Waals surface area contributed by atoms with E-state index in [2.05, 4.69) is 5.32 Å². The number of methoxy groups -OCH3 is 1. The van der Waals surface area contributed by atoms with Crippen LogP contribution in [0, 0.1) is 5.41 Å². The Morgan fingerprint density at radius 2 is 1.95 bits per heavy atom. The summed E-state index contributed by atoms with van der Waals surface area (Å²) in [6.07, 6.45) is 2.01. The van der Waals surface area contributed by atoms with Crippen molar-refractivity contribution in [3.63, 3.8) is 0 Å². The van der Waals surface area contributed by atoms with Gasteiger partial charge in [-0.3, -0.25) is 9.59 Å². The van der Waals surface area contributed by atoms with E-state index >= 15 is 0 Å². The smallest absolute Gasteiger partial charge is 0.242 e. The number of hydrogen-bond acceptors (Lipinski definition) is 3. The van der Waals surface area contributed by atoms with Gasteiger partial charge < -0.3 is 15.0 Å². The standard InChI is InChI=1S/C17H24N2O3/c1-3-19(14-8-5-4-6-9-14)16(21)17(10-11-17)15(20)18-12-7-13-22-2/h4-6,8-9H,3,7,10-13H2,1-2H3,(H,18,20). The summed E-state index contributed by atoms with van der Waals surface area (Å²) in [5.74, 6) is -0.242. The van der Waals surface area contributed by atoms with Crippen molar-refractivity contribution in [1.29, 1.82) is 0 Å². The number of nitrogens with one attached hydrogen (secondary N) is 1. The van der Waals surface area contributed by atoms with E-state index in [0.29, 0.717) is 32.5 Å². The van der Waals surface area contributed by atoms with Crippen LogP contribution in [-0.2, 0) is 14.3 Å². The highest BCUT2D eigenvalue weighted by Crippen LogP contribution is 2.48. The number of para-hydroxylation sites is 1. The normalized spacial score (nSPS) is 15.2. The number of carbonyl (C=O) groups is 2. The minimum Gasteiger partial charge on any atom is -0.385 e. The number of amides is 2. The number of nitrogens with zero attached hydrogens (tertiary/aromatic N) is 1. The fourth-order valence-corrected chi connectivity index (χ4v) is 2.56. The third-order valence-electron chi connectivity index (χ3n) is 4.03. The average Bonchev–Trinajstić information content (AvgIpc) is 3.35. The van der Waals surface area contributed by atoms with Crippen LogP contribution in [0.3, 0.4) is 0 Å².